The minimum Gasteiger partial charge on any atom is -0.343 e. The second-order valence-corrected chi connectivity index (χ2v) is 8.45. The lowest BCUT2D eigenvalue weighted by Crippen LogP contribution is -2.51. The minimum atomic E-state index is 0.149. The molecule has 0 atom stereocenters. The minimum absolute atomic E-state index is 0.149. The van der Waals surface area contributed by atoms with Crippen LogP contribution in [0.3, 0.4) is 0 Å². The number of piperazine rings is 1. The van der Waals surface area contributed by atoms with Gasteiger partial charge in [0, 0.05) is 43.1 Å². The predicted molar refractivity (Wildman–Crippen MR) is 108 cm³/mol. The number of amides is 1. The number of likely N-dealkylation sites (tertiary alicyclic amines) is 1. The van der Waals surface area contributed by atoms with Crippen LogP contribution < -0.4 is 0 Å². The lowest BCUT2D eigenvalue weighted by atomic mass is 9.95. The zero-order valence-corrected chi connectivity index (χ0v) is 17.6. The van der Waals surface area contributed by atoms with E-state index in [0.717, 1.165) is 63.1 Å². The van der Waals surface area contributed by atoms with E-state index in [4.69, 9.17) is 4.52 Å². The topological polar surface area (TPSA) is 65.7 Å². The van der Waals surface area contributed by atoms with E-state index >= 15 is 0 Å². The number of rotatable bonds is 5. The summed E-state index contributed by atoms with van der Waals surface area (Å²) in [6.07, 6.45) is 3.18. The third-order valence-electron chi connectivity index (χ3n) is 5.74. The molecule has 150 valence electrons. The van der Waals surface area contributed by atoms with Gasteiger partial charge in [-0.1, -0.05) is 39.3 Å². The maximum atomic E-state index is 12.9. The lowest BCUT2D eigenvalue weighted by Gasteiger charge is -2.38. The van der Waals surface area contributed by atoms with E-state index < -0.39 is 0 Å². The molecule has 2 saturated heterocycles. The summed E-state index contributed by atoms with van der Waals surface area (Å²) in [4.78, 5) is 23.8. The van der Waals surface area contributed by atoms with Gasteiger partial charge in [-0.2, -0.15) is 4.98 Å². The van der Waals surface area contributed by atoms with Crippen LogP contribution in [0.15, 0.2) is 39.7 Å². The summed E-state index contributed by atoms with van der Waals surface area (Å²) in [6, 6.07) is 8.35. The fourth-order valence-electron chi connectivity index (χ4n) is 4.05. The van der Waals surface area contributed by atoms with Crippen molar-refractivity contribution in [3.63, 3.8) is 0 Å². The Labute approximate surface area is 173 Å². The van der Waals surface area contributed by atoms with Gasteiger partial charge in [0.05, 0.1) is 6.54 Å². The molecule has 28 heavy (non-hydrogen) atoms. The van der Waals surface area contributed by atoms with Gasteiger partial charge in [0.2, 0.25) is 12.3 Å². The summed E-state index contributed by atoms with van der Waals surface area (Å²) in [6.45, 7) is 6.97. The molecule has 1 aromatic heterocycles. The first-order valence-corrected chi connectivity index (χ1v) is 10.7. The number of halogens is 1. The molecular weight excluding hydrogens is 422 g/mol. The Hall–Kier alpha value is -1.77. The highest BCUT2D eigenvalue weighted by Gasteiger charge is 2.30. The Morgan fingerprint density at radius 3 is 2.43 bits per heavy atom. The van der Waals surface area contributed by atoms with Crippen molar-refractivity contribution in [3.05, 3.63) is 46.5 Å². The van der Waals surface area contributed by atoms with Crippen LogP contribution >= 0.6 is 15.9 Å². The Bertz CT molecular complexity index is 769. The molecule has 8 heteroatoms. The monoisotopic (exact) mass is 447 g/mol. The molecule has 7 nitrogen and oxygen atoms in total. The Kier molecular flexibility index (Phi) is 6.39. The molecule has 2 aliphatic heterocycles. The number of nitrogens with zero attached hydrogens (tertiary/aromatic N) is 5. The van der Waals surface area contributed by atoms with E-state index in [1.54, 1.807) is 0 Å². The summed E-state index contributed by atoms with van der Waals surface area (Å²) in [5, 5.41) is 3.87. The molecule has 0 radical (unpaired) electrons. The van der Waals surface area contributed by atoms with E-state index in [2.05, 4.69) is 59.0 Å². The number of hydrogen-bond acceptors (Lipinski definition) is 6. The molecule has 0 spiro atoms. The van der Waals surface area contributed by atoms with E-state index in [0.29, 0.717) is 18.3 Å². The summed E-state index contributed by atoms with van der Waals surface area (Å²) < 4.78 is 5.95. The van der Waals surface area contributed by atoms with Crippen LogP contribution in [0, 0.1) is 5.92 Å². The fourth-order valence-corrected chi connectivity index (χ4v) is 4.46. The van der Waals surface area contributed by atoms with E-state index in [1.165, 1.54) is 12.0 Å². The van der Waals surface area contributed by atoms with Gasteiger partial charge in [-0.3, -0.25) is 14.6 Å². The molecule has 0 bridgehead atoms. The van der Waals surface area contributed by atoms with Crippen molar-refractivity contribution in [2.45, 2.75) is 25.9 Å². The molecule has 2 aliphatic rings. The van der Waals surface area contributed by atoms with Crippen molar-refractivity contribution in [1.29, 1.82) is 0 Å². The quantitative estimate of drug-likeness (QED) is 0.700. The number of aromatic nitrogens is 2. The van der Waals surface area contributed by atoms with Crippen molar-refractivity contribution in [1.82, 2.24) is 24.8 Å². The number of hydrogen-bond donors (Lipinski definition) is 0. The molecule has 0 N–H and O–H groups in total. The molecule has 1 aromatic carbocycles. The van der Waals surface area contributed by atoms with Crippen LogP contribution in [0.1, 0.15) is 24.2 Å². The molecule has 4 rings (SSSR count). The van der Waals surface area contributed by atoms with Gasteiger partial charge in [0.1, 0.15) is 0 Å². The van der Waals surface area contributed by atoms with Crippen molar-refractivity contribution in [2.24, 2.45) is 5.92 Å². The van der Waals surface area contributed by atoms with Gasteiger partial charge in [-0.25, -0.2) is 0 Å². The van der Waals surface area contributed by atoms with Gasteiger partial charge < -0.3 is 9.42 Å². The van der Waals surface area contributed by atoms with Crippen LogP contribution in [-0.4, -0.2) is 70.0 Å². The molecule has 3 heterocycles. The fraction of sp³-hybridized carbons (Fsp3) is 0.550. The van der Waals surface area contributed by atoms with Gasteiger partial charge in [0.15, 0.2) is 5.82 Å². The largest absolute Gasteiger partial charge is 0.343 e. The molecule has 1 amide bonds. The number of carbonyl (C=O) groups is 1. The van der Waals surface area contributed by atoms with E-state index in [9.17, 15) is 4.79 Å². The van der Waals surface area contributed by atoms with Crippen LogP contribution in [0.2, 0.25) is 0 Å². The molecular formula is C20H26BrN5O2. The van der Waals surface area contributed by atoms with Crippen molar-refractivity contribution in [3.8, 4) is 0 Å². The third kappa shape index (κ3) is 4.79. The van der Waals surface area contributed by atoms with E-state index in [1.807, 2.05) is 6.07 Å². The summed E-state index contributed by atoms with van der Waals surface area (Å²) in [5.74, 6) is 1.20. The standard InChI is InChI=1S/C20H26BrN5O2/c21-18-4-2-1-3-17(18)13-25-9-11-26(12-10-25)20(27)16-5-7-24(8-6-16)14-19-22-15-28-23-19/h1-4,15-16H,5-14H2. The SMILES string of the molecule is O=C(C1CCN(Cc2ncon2)CC1)N1CCN(Cc2ccccc2Br)CC1. The number of benzene rings is 1. The van der Waals surface area contributed by atoms with Gasteiger partial charge >= 0.3 is 0 Å². The molecule has 0 saturated carbocycles. The first-order chi connectivity index (χ1) is 13.7. The molecule has 0 unspecified atom stereocenters. The Balaban J connectivity index is 1.22. The predicted octanol–water partition coefficient (Wildman–Crippen LogP) is 2.39. The van der Waals surface area contributed by atoms with Gasteiger partial charge in [0.25, 0.3) is 0 Å². The maximum absolute atomic E-state index is 12.9. The smallest absolute Gasteiger partial charge is 0.225 e. The number of carbonyl (C=O) groups excluding carboxylic acids is 1. The van der Waals surface area contributed by atoms with E-state index in [-0.39, 0.29) is 5.92 Å². The summed E-state index contributed by atoms with van der Waals surface area (Å²) >= 11 is 3.63. The Morgan fingerprint density at radius 1 is 1.04 bits per heavy atom. The average molecular weight is 448 g/mol. The first-order valence-electron chi connectivity index (χ1n) is 9.91. The highest BCUT2D eigenvalue weighted by Crippen LogP contribution is 2.22. The average Bonchev–Trinajstić information content (AvgIpc) is 3.23. The van der Waals surface area contributed by atoms with Crippen molar-refractivity contribution in [2.75, 3.05) is 39.3 Å². The normalized spacial score (nSPS) is 19.8. The van der Waals surface area contributed by atoms with Crippen LogP contribution in [-0.2, 0) is 17.9 Å². The number of piperidine rings is 1. The van der Waals surface area contributed by atoms with Gasteiger partial charge in [-0.15, -0.1) is 0 Å². The third-order valence-corrected chi connectivity index (χ3v) is 6.52. The highest BCUT2D eigenvalue weighted by atomic mass is 79.9. The molecule has 2 aromatic rings. The first kappa shape index (κ1) is 19.5. The van der Waals surface area contributed by atoms with Crippen LogP contribution in [0.4, 0.5) is 0 Å². The van der Waals surface area contributed by atoms with Crippen molar-refractivity contribution >= 4 is 21.8 Å². The van der Waals surface area contributed by atoms with Gasteiger partial charge in [-0.05, 0) is 37.6 Å². The highest BCUT2D eigenvalue weighted by molar-refractivity contribution is 9.10. The molecule has 2 fully saturated rings. The van der Waals surface area contributed by atoms with Crippen molar-refractivity contribution < 1.29 is 9.32 Å². The lowest BCUT2D eigenvalue weighted by molar-refractivity contribution is -0.139. The van der Waals surface area contributed by atoms with Crippen LogP contribution in [0.25, 0.3) is 0 Å². The molecule has 0 aliphatic carbocycles. The zero-order valence-electron chi connectivity index (χ0n) is 16.0. The maximum Gasteiger partial charge on any atom is 0.225 e. The zero-order chi connectivity index (χ0) is 19.3. The van der Waals surface area contributed by atoms with Crippen LogP contribution in [0.5, 0.6) is 0 Å². The second kappa shape index (κ2) is 9.15. The second-order valence-electron chi connectivity index (χ2n) is 7.59. The summed E-state index contributed by atoms with van der Waals surface area (Å²) in [5.41, 5.74) is 1.30. The Morgan fingerprint density at radius 2 is 1.75 bits per heavy atom. The summed E-state index contributed by atoms with van der Waals surface area (Å²) in [7, 11) is 0.